The van der Waals surface area contributed by atoms with Gasteiger partial charge in [0.15, 0.2) is 0 Å². The Hall–Kier alpha value is -1.25. The van der Waals surface area contributed by atoms with Crippen molar-refractivity contribution in [3.05, 3.63) is 24.5 Å². The largest absolute Gasteiger partial charge is 0.515 e. The van der Waals surface area contributed by atoms with Gasteiger partial charge in [0.1, 0.15) is 0 Å². The Morgan fingerprint density at radius 2 is 1.80 bits per heavy atom. The molecule has 0 amide bonds. The van der Waals surface area contributed by atoms with Crippen molar-refractivity contribution in [1.82, 2.24) is 0 Å². The minimum Gasteiger partial charge on any atom is -0.515 e. The predicted octanol–water partition coefficient (Wildman–Crippen LogP) is 1.73. The summed E-state index contributed by atoms with van der Waals surface area (Å²) in [5.74, 6) is -0.833. The first-order valence-corrected chi connectivity index (χ1v) is 2.67. The lowest BCUT2D eigenvalue weighted by molar-refractivity contribution is -0.134. The molecule has 0 rings (SSSR count). The molecule has 0 heterocycles. The second-order valence-electron chi connectivity index (χ2n) is 1.60. The zero-order valence-corrected chi connectivity index (χ0v) is 6.16. The van der Waals surface area contributed by atoms with Crippen molar-refractivity contribution in [3.63, 3.8) is 0 Å². The van der Waals surface area contributed by atoms with Gasteiger partial charge in [0.05, 0.1) is 6.26 Å². The van der Waals surface area contributed by atoms with Crippen molar-refractivity contribution in [1.29, 1.82) is 0 Å². The summed E-state index contributed by atoms with van der Waals surface area (Å²) < 4.78 is 0. The molecule has 0 unspecified atom stereocenters. The van der Waals surface area contributed by atoms with E-state index in [1.165, 1.54) is 0 Å². The van der Waals surface area contributed by atoms with Crippen LogP contribution in [0, 0.1) is 0 Å². The highest BCUT2D eigenvalue weighted by Gasteiger charge is 1.69. The minimum atomic E-state index is -0.833. The van der Waals surface area contributed by atoms with Crippen LogP contribution in [0.1, 0.15) is 13.8 Å². The van der Waals surface area contributed by atoms with Crippen LogP contribution in [-0.2, 0) is 4.79 Å². The van der Waals surface area contributed by atoms with Crippen LogP contribution in [0.4, 0.5) is 0 Å². The lowest BCUT2D eigenvalue weighted by Gasteiger charge is -1.77. The number of rotatable bonds is 1. The van der Waals surface area contributed by atoms with Gasteiger partial charge in [-0.15, -0.1) is 0 Å². The van der Waals surface area contributed by atoms with Crippen LogP contribution < -0.4 is 0 Å². The molecule has 0 aliphatic rings. The SMILES string of the molecule is C=CC(C)=CO.CC(=O)O. The molecule has 0 fully saturated rings. The summed E-state index contributed by atoms with van der Waals surface area (Å²) in [4.78, 5) is 9.00. The van der Waals surface area contributed by atoms with Gasteiger partial charge in [-0.05, 0) is 12.5 Å². The van der Waals surface area contributed by atoms with Gasteiger partial charge in [-0.1, -0.05) is 12.7 Å². The first kappa shape index (κ1) is 11.5. The van der Waals surface area contributed by atoms with Crippen LogP contribution in [0.5, 0.6) is 0 Å². The molecular formula is C7H12O3. The average molecular weight is 144 g/mol. The Kier molecular flexibility index (Phi) is 8.94. The van der Waals surface area contributed by atoms with Crippen molar-refractivity contribution in [2.24, 2.45) is 0 Å². The van der Waals surface area contributed by atoms with Gasteiger partial charge >= 0.3 is 0 Å². The lowest BCUT2D eigenvalue weighted by atomic mass is 10.3. The average Bonchev–Trinajstić information content (AvgIpc) is 1.85. The van der Waals surface area contributed by atoms with E-state index in [0.29, 0.717) is 0 Å². The van der Waals surface area contributed by atoms with Crippen molar-refractivity contribution in [2.45, 2.75) is 13.8 Å². The Balaban J connectivity index is 0. The van der Waals surface area contributed by atoms with Gasteiger partial charge in [0.2, 0.25) is 0 Å². The first-order valence-electron chi connectivity index (χ1n) is 2.67. The molecule has 58 valence electrons. The number of hydrogen-bond donors (Lipinski definition) is 2. The smallest absolute Gasteiger partial charge is 0.300 e. The summed E-state index contributed by atoms with van der Waals surface area (Å²) in [5.41, 5.74) is 0.787. The van der Waals surface area contributed by atoms with E-state index >= 15 is 0 Å². The summed E-state index contributed by atoms with van der Waals surface area (Å²) in [6.45, 7) is 6.26. The van der Waals surface area contributed by atoms with E-state index in [1.54, 1.807) is 13.0 Å². The van der Waals surface area contributed by atoms with E-state index in [2.05, 4.69) is 6.58 Å². The molecule has 0 aliphatic heterocycles. The number of carbonyl (C=O) groups is 1. The molecule has 3 heteroatoms. The monoisotopic (exact) mass is 144 g/mol. The van der Waals surface area contributed by atoms with Gasteiger partial charge in [-0.2, -0.15) is 0 Å². The van der Waals surface area contributed by atoms with Crippen LogP contribution in [-0.4, -0.2) is 16.2 Å². The molecule has 0 aromatic carbocycles. The number of hydrogen-bond acceptors (Lipinski definition) is 2. The number of carboxylic acid groups (broad SMARTS) is 1. The van der Waals surface area contributed by atoms with Gasteiger partial charge in [0, 0.05) is 6.92 Å². The third-order valence-corrected chi connectivity index (χ3v) is 0.526. The van der Waals surface area contributed by atoms with E-state index in [9.17, 15) is 0 Å². The summed E-state index contributed by atoms with van der Waals surface area (Å²) in [6.07, 6.45) is 2.60. The van der Waals surface area contributed by atoms with Gasteiger partial charge in [0.25, 0.3) is 5.97 Å². The van der Waals surface area contributed by atoms with Crippen molar-refractivity contribution in [3.8, 4) is 0 Å². The summed E-state index contributed by atoms with van der Waals surface area (Å²) in [6, 6.07) is 0. The van der Waals surface area contributed by atoms with E-state index < -0.39 is 5.97 Å². The quantitative estimate of drug-likeness (QED) is 0.435. The molecule has 0 spiro atoms. The van der Waals surface area contributed by atoms with Crippen molar-refractivity contribution in [2.75, 3.05) is 0 Å². The number of allylic oxidation sites excluding steroid dienone is 2. The third-order valence-electron chi connectivity index (χ3n) is 0.526. The van der Waals surface area contributed by atoms with Gasteiger partial charge in [-0.25, -0.2) is 0 Å². The standard InChI is InChI=1S/C5H8O.C2H4O2/c1-3-5(2)4-6;1-2(3)4/h3-4,6H,1H2,2H3;1H3,(H,3,4). The third kappa shape index (κ3) is 29.5. The summed E-state index contributed by atoms with van der Waals surface area (Å²) in [7, 11) is 0. The lowest BCUT2D eigenvalue weighted by Crippen LogP contribution is -1.78. The number of carboxylic acids is 1. The second-order valence-corrected chi connectivity index (χ2v) is 1.60. The first-order chi connectivity index (χ1) is 4.54. The zero-order chi connectivity index (χ0) is 8.57. The molecule has 0 saturated heterocycles. The highest BCUT2D eigenvalue weighted by atomic mass is 16.4. The van der Waals surface area contributed by atoms with Gasteiger partial charge in [-0.3, -0.25) is 4.79 Å². The number of aliphatic hydroxyl groups is 1. The molecule has 2 N–H and O–H groups in total. The van der Waals surface area contributed by atoms with Crippen molar-refractivity contribution >= 4 is 5.97 Å². The van der Waals surface area contributed by atoms with E-state index in [1.807, 2.05) is 0 Å². The molecule has 3 nitrogen and oxygen atoms in total. The number of aliphatic carboxylic acids is 1. The van der Waals surface area contributed by atoms with Crippen LogP contribution in [0.15, 0.2) is 24.5 Å². The molecule has 10 heavy (non-hydrogen) atoms. The zero-order valence-electron chi connectivity index (χ0n) is 6.16. The molecule has 0 radical (unpaired) electrons. The topological polar surface area (TPSA) is 57.5 Å². The minimum absolute atomic E-state index is 0.787. The molecule has 0 atom stereocenters. The molecular weight excluding hydrogens is 132 g/mol. The molecule has 0 bridgehead atoms. The Labute approximate surface area is 60.3 Å². The van der Waals surface area contributed by atoms with Crippen LogP contribution in [0.2, 0.25) is 0 Å². The Morgan fingerprint density at radius 3 is 1.80 bits per heavy atom. The molecule has 0 aliphatic carbocycles. The highest BCUT2D eigenvalue weighted by molar-refractivity contribution is 5.62. The Bertz CT molecular complexity index is 132. The highest BCUT2D eigenvalue weighted by Crippen LogP contribution is 1.86. The van der Waals surface area contributed by atoms with Crippen LogP contribution in [0.25, 0.3) is 0 Å². The van der Waals surface area contributed by atoms with Crippen LogP contribution in [0.3, 0.4) is 0 Å². The van der Waals surface area contributed by atoms with E-state index in [-0.39, 0.29) is 0 Å². The summed E-state index contributed by atoms with van der Waals surface area (Å²) >= 11 is 0. The molecule has 0 aromatic rings. The maximum Gasteiger partial charge on any atom is 0.300 e. The fourth-order valence-corrected chi connectivity index (χ4v) is 0.0527. The fraction of sp³-hybridized carbons (Fsp3) is 0.286. The normalized spacial score (nSPS) is 9.20. The van der Waals surface area contributed by atoms with E-state index in [0.717, 1.165) is 18.8 Å². The predicted molar refractivity (Wildman–Crippen MR) is 39.9 cm³/mol. The Morgan fingerprint density at radius 1 is 1.50 bits per heavy atom. The second kappa shape index (κ2) is 7.75. The van der Waals surface area contributed by atoms with Crippen LogP contribution >= 0.6 is 0 Å². The van der Waals surface area contributed by atoms with E-state index in [4.69, 9.17) is 15.0 Å². The maximum atomic E-state index is 9.00. The van der Waals surface area contributed by atoms with Gasteiger partial charge < -0.3 is 10.2 Å². The van der Waals surface area contributed by atoms with Crippen molar-refractivity contribution < 1.29 is 15.0 Å². The fourth-order valence-electron chi connectivity index (χ4n) is 0.0527. The molecule has 0 aromatic heterocycles. The summed E-state index contributed by atoms with van der Waals surface area (Å²) in [5, 5.41) is 15.5. The maximum absolute atomic E-state index is 9.00. The number of aliphatic hydroxyl groups excluding tert-OH is 1. The molecule has 0 saturated carbocycles.